The lowest BCUT2D eigenvalue weighted by Gasteiger charge is -2.24. The van der Waals surface area contributed by atoms with Gasteiger partial charge in [0.05, 0.1) is 52.6 Å². The summed E-state index contributed by atoms with van der Waals surface area (Å²) in [5.74, 6) is 0.281. The van der Waals surface area contributed by atoms with Crippen LogP contribution in [0.5, 0.6) is 0 Å². The molecule has 0 amide bonds. The molecule has 0 radical (unpaired) electrons. The van der Waals surface area contributed by atoms with E-state index in [0.717, 1.165) is 24.8 Å². The number of fused-ring (bicyclic) bond motifs is 1. The lowest BCUT2D eigenvalue weighted by molar-refractivity contribution is 0.714. The molecule has 8 nitrogen and oxygen atoms in total. The first-order chi connectivity index (χ1) is 20.4. The predicted molar refractivity (Wildman–Crippen MR) is 161 cm³/mol. The maximum atomic E-state index is 10.0. The van der Waals surface area contributed by atoms with Gasteiger partial charge in [-0.25, -0.2) is 0 Å². The Morgan fingerprint density at radius 1 is 1.02 bits per heavy atom. The second kappa shape index (κ2) is 11.4. The highest BCUT2D eigenvalue weighted by Gasteiger charge is 2.40. The fourth-order valence-electron chi connectivity index (χ4n) is 5.20. The van der Waals surface area contributed by atoms with Crippen LogP contribution in [0.25, 0.3) is 10.9 Å². The Bertz CT molecular complexity index is 1810. The van der Waals surface area contributed by atoms with Crippen LogP contribution < -0.4 is 10.6 Å². The molecular weight excluding hydrogens is 532 g/mol. The number of benzene rings is 3. The maximum Gasteiger partial charge on any atom is 0.118 e. The second-order valence-electron chi connectivity index (χ2n) is 10.2. The Hall–Kier alpha value is -4.79. The molecule has 2 unspecified atom stereocenters. The molecule has 41 heavy (non-hydrogen) atoms. The summed E-state index contributed by atoms with van der Waals surface area (Å²) in [5, 5.41) is 40.2. The van der Waals surface area contributed by atoms with Gasteiger partial charge in [-0.1, -0.05) is 61.0 Å². The van der Waals surface area contributed by atoms with E-state index in [9.17, 15) is 11.9 Å². The first kappa shape index (κ1) is 25.2. The van der Waals surface area contributed by atoms with E-state index in [0.29, 0.717) is 49.7 Å². The molecule has 4 aromatic rings. The third-order valence-electron chi connectivity index (χ3n) is 7.46. The lowest BCUT2D eigenvalue weighted by atomic mass is 9.93. The van der Waals surface area contributed by atoms with E-state index in [1.165, 1.54) is 6.20 Å². The van der Waals surface area contributed by atoms with Crippen molar-refractivity contribution >= 4 is 39.6 Å². The van der Waals surface area contributed by atoms with Crippen molar-refractivity contribution in [2.45, 2.75) is 44.3 Å². The minimum absolute atomic E-state index is 0.0568. The largest absolute Gasteiger partial charge is 0.377 e. The highest BCUT2D eigenvalue weighted by molar-refractivity contribution is 6.36. The molecule has 2 heterocycles. The molecule has 0 saturated heterocycles. The van der Waals surface area contributed by atoms with Crippen LogP contribution in [0.2, 0.25) is 5.02 Å². The van der Waals surface area contributed by atoms with Gasteiger partial charge >= 0.3 is 0 Å². The van der Waals surface area contributed by atoms with Crippen molar-refractivity contribution in [3.05, 3.63) is 100 Å². The number of pyridine rings is 1. The molecular formula is C32H27ClN8. The van der Waals surface area contributed by atoms with Crippen molar-refractivity contribution in [1.29, 1.82) is 10.5 Å². The summed E-state index contributed by atoms with van der Waals surface area (Å²) in [4.78, 5) is 4.50. The second-order valence-corrected chi connectivity index (χ2v) is 10.6. The van der Waals surface area contributed by atoms with Crippen LogP contribution in [0, 0.1) is 28.6 Å². The summed E-state index contributed by atoms with van der Waals surface area (Å²) >= 11 is 6.80. The van der Waals surface area contributed by atoms with Crippen LogP contribution in [-0.4, -0.2) is 16.7 Å². The van der Waals surface area contributed by atoms with Crippen molar-refractivity contribution in [3.63, 3.8) is 0 Å². The highest BCUT2D eigenvalue weighted by Crippen LogP contribution is 2.41. The van der Waals surface area contributed by atoms with E-state index in [1.807, 2.05) is 24.3 Å². The summed E-state index contributed by atoms with van der Waals surface area (Å²) in [5.41, 5.74) is 4.59. The lowest BCUT2D eigenvalue weighted by Crippen LogP contribution is -2.30. The molecule has 1 aromatic heterocycles. The molecule has 9 heteroatoms. The highest BCUT2D eigenvalue weighted by atomic mass is 35.5. The van der Waals surface area contributed by atoms with Crippen LogP contribution in [0.15, 0.2) is 88.4 Å². The van der Waals surface area contributed by atoms with Gasteiger partial charge in [0.2, 0.25) is 0 Å². The van der Waals surface area contributed by atoms with E-state index >= 15 is 0 Å². The van der Waals surface area contributed by atoms with Gasteiger partial charge in [-0.15, -0.1) is 5.10 Å². The van der Waals surface area contributed by atoms with Crippen LogP contribution >= 0.6 is 11.6 Å². The fourth-order valence-corrected chi connectivity index (χ4v) is 5.46. The monoisotopic (exact) mass is 559 g/mol. The molecule has 0 bridgehead atoms. The summed E-state index contributed by atoms with van der Waals surface area (Å²) in [7, 11) is 0. The van der Waals surface area contributed by atoms with E-state index in [2.05, 4.69) is 62.3 Å². The number of rotatable bonds is 9. The first-order valence-electron chi connectivity index (χ1n) is 14.1. The molecule has 1 saturated carbocycles. The van der Waals surface area contributed by atoms with Gasteiger partial charge in [0, 0.05) is 17.3 Å². The van der Waals surface area contributed by atoms with Crippen LogP contribution in [-0.2, 0) is 0 Å². The Morgan fingerprint density at radius 3 is 2.56 bits per heavy atom. The number of aromatic nitrogens is 1. The summed E-state index contributed by atoms with van der Waals surface area (Å²) in [6, 6.07) is 23.0. The zero-order valence-corrected chi connectivity index (χ0v) is 23.1. The van der Waals surface area contributed by atoms with Gasteiger partial charge in [-0.2, -0.15) is 15.6 Å². The number of nitriles is 2. The van der Waals surface area contributed by atoms with Crippen molar-refractivity contribution < 1.29 is 1.37 Å². The third kappa shape index (κ3) is 5.35. The van der Waals surface area contributed by atoms with Gasteiger partial charge in [0.1, 0.15) is 12.1 Å². The van der Waals surface area contributed by atoms with Gasteiger partial charge in [-0.05, 0) is 65.8 Å². The summed E-state index contributed by atoms with van der Waals surface area (Å²) < 4.78 is 9.79. The molecule has 3 atom stereocenters. The van der Waals surface area contributed by atoms with Gasteiger partial charge < -0.3 is 10.6 Å². The maximum absolute atomic E-state index is 10.0. The third-order valence-corrected chi connectivity index (χ3v) is 7.75. The van der Waals surface area contributed by atoms with Crippen LogP contribution in [0.4, 0.5) is 11.4 Å². The Morgan fingerprint density at radius 2 is 1.83 bits per heavy atom. The summed E-state index contributed by atoms with van der Waals surface area (Å²) in [6.45, 7) is 2.08. The van der Waals surface area contributed by atoms with E-state index in [4.69, 9.17) is 11.6 Å². The molecule has 1 aliphatic heterocycles. The number of nitrogens with one attached hydrogen (secondary N) is 2. The molecule has 1 fully saturated rings. The molecule has 1 aliphatic carbocycles. The van der Waals surface area contributed by atoms with Gasteiger partial charge in [-0.3, -0.25) is 4.98 Å². The average Bonchev–Trinajstić information content (AvgIpc) is 3.75. The first-order valence-corrected chi connectivity index (χ1v) is 13.9. The fraction of sp³-hybridized carbons (Fsp3) is 0.250. The van der Waals surface area contributed by atoms with Gasteiger partial charge in [0.25, 0.3) is 0 Å². The normalized spacial score (nSPS) is 18.5. The van der Waals surface area contributed by atoms with Crippen molar-refractivity contribution in [3.8, 4) is 12.1 Å². The smallest absolute Gasteiger partial charge is 0.118 e. The molecule has 0 spiro atoms. The standard InChI is InChI=1S/C32H27ClN8/c1-2-27(20-8-4-3-5-9-20)38-28-23(17-35)18-36-31-25(28)14-24(15-26(31)33)37-29(22-10-6-7-19(13-22)16-34)32-30(21-11-12-21)39-41-40-32/h3-10,13-15,18,21,27,29-30,37H,2,11-12H2,1H3,(H,36,38)/t27-,29?,30?/m1/s1/i29D. The Kier molecular flexibility index (Phi) is 6.99. The van der Waals surface area contributed by atoms with Crippen molar-refractivity contribution in [2.75, 3.05) is 10.6 Å². The number of halogens is 1. The molecule has 3 aromatic carbocycles. The molecule has 2 aliphatic rings. The minimum atomic E-state index is -1.59. The SMILES string of the molecule is [2H]C(Nc1cc(Cl)c2ncc(C#N)c(N[C@H](CC)c3ccccc3)c2c1)(C1=NN=NC1C1CC1)c1cccc(C#N)c1. The average molecular weight is 560 g/mol. The number of hydrogen-bond donors (Lipinski definition) is 2. The molecule has 2 N–H and O–H groups in total. The van der Waals surface area contributed by atoms with E-state index < -0.39 is 6.02 Å². The zero-order valence-electron chi connectivity index (χ0n) is 23.3. The van der Waals surface area contributed by atoms with E-state index in [-0.39, 0.29) is 18.0 Å². The topological polar surface area (TPSA) is 122 Å². The minimum Gasteiger partial charge on any atom is -0.377 e. The number of hydrogen-bond acceptors (Lipinski definition) is 8. The number of anilines is 2. The van der Waals surface area contributed by atoms with Crippen LogP contribution in [0.3, 0.4) is 0 Å². The Labute approximate surface area is 244 Å². The van der Waals surface area contributed by atoms with Crippen molar-refractivity contribution in [1.82, 2.24) is 4.98 Å². The quantitative estimate of drug-likeness (QED) is 0.215. The molecule has 202 valence electrons. The molecule has 6 rings (SSSR count). The Balaban J connectivity index is 1.47. The zero-order chi connectivity index (χ0) is 29.3. The summed E-state index contributed by atoms with van der Waals surface area (Å²) in [6.07, 6.45) is 4.30. The predicted octanol–water partition coefficient (Wildman–Crippen LogP) is 7.95. The van der Waals surface area contributed by atoms with Crippen molar-refractivity contribution in [2.24, 2.45) is 21.4 Å². The van der Waals surface area contributed by atoms with E-state index in [1.54, 1.807) is 30.3 Å². The van der Waals surface area contributed by atoms with Crippen LogP contribution in [0.1, 0.15) is 61.9 Å². The number of nitrogens with zero attached hydrogens (tertiary/aromatic N) is 6. The van der Waals surface area contributed by atoms with Gasteiger partial charge in [0.15, 0.2) is 0 Å².